The van der Waals surface area contributed by atoms with Crippen molar-refractivity contribution in [1.82, 2.24) is 25.0 Å². The minimum absolute atomic E-state index is 0.0574. The molecule has 1 unspecified atom stereocenters. The summed E-state index contributed by atoms with van der Waals surface area (Å²) in [5, 5.41) is 41.2. The number of halogens is 4. The number of hydrogen-bond acceptors (Lipinski definition) is 11. The van der Waals surface area contributed by atoms with Crippen LogP contribution in [0.2, 0.25) is 0 Å². The Balaban J connectivity index is 1.86. The van der Waals surface area contributed by atoms with E-state index in [2.05, 4.69) is 36.2 Å². The maximum Gasteiger partial charge on any atom is 0.424 e. The monoisotopic (exact) mass is 568 g/mol. The number of aromatic nitrogens is 5. The molecule has 0 amide bonds. The molecule has 16 heteroatoms. The standard InChI is InChI=1S/C17H16BrF3N6O4S2/c18-16(27-5-9(25-26-27)10-7-32-14(22)24-10)12(29)11(6-28)31-13(15(16,30)17(19,20)21)33-8-2-1-3-23-4-8/h1-5,7,11-13,28-30H,6H2,(H2,22,24)/t11-,12+,13-,15+,16?/m1/s1. The van der Waals surface area contributed by atoms with Gasteiger partial charge < -0.3 is 25.8 Å². The van der Waals surface area contributed by atoms with Crippen LogP contribution in [0.5, 0.6) is 0 Å². The van der Waals surface area contributed by atoms with E-state index in [1.165, 1.54) is 29.9 Å². The number of nitrogen functional groups attached to an aromatic ring is 1. The first-order chi connectivity index (χ1) is 15.5. The number of alkyl halides is 4. The normalized spacial score (nSPS) is 30.5. The molecule has 0 saturated carbocycles. The molecule has 0 bridgehead atoms. The zero-order valence-electron chi connectivity index (χ0n) is 16.3. The predicted octanol–water partition coefficient (Wildman–Crippen LogP) is 1.59. The quantitative estimate of drug-likeness (QED) is 0.334. The number of nitrogens with zero attached hydrogens (tertiary/aromatic N) is 5. The highest BCUT2D eigenvalue weighted by Crippen LogP contribution is 2.58. The number of thioether (sulfide) groups is 1. The van der Waals surface area contributed by atoms with Gasteiger partial charge in [0.25, 0.3) is 0 Å². The van der Waals surface area contributed by atoms with Crippen molar-refractivity contribution in [2.24, 2.45) is 0 Å². The largest absolute Gasteiger partial charge is 0.424 e. The number of aliphatic hydroxyl groups is 3. The molecule has 1 aliphatic heterocycles. The minimum atomic E-state index is -5.34. The van der Waals surface area contributed by atoms with Crippen molar-refractivity contribution in [1.29, 1.82) is 0 Å². The molecule has 178 valence electrons. The summed E-state index contributed by atoms with van der Waals surface area (Å²) in [6.45, 7) is -0.837. The third-order valence-electron chi connectivity index (χ3n) is 5.02. The zero-order chi connectivity index (χ0) is 24.0. The van der Waals surface area contributed by atoms with E-state index in [9.17, 15) is 28.5 Å². The van der Waals surface area contributed by atoms with Crippen molar-refractivity contribution >= 4 is 44.2 Å². The van der Waals surface area contributed by atoms with E-state index in [-0.39, 0.29) is 21.4 Å². The molecule has 0 aromatic carbocycles. The highest BCUT2D eigenvalue weighted by Gasteiger charge is 2.77. The first-order valence-electron chi connectivity index (χ1n) is 9.15. The van der Waals surface area contributed by atoms with Gasteiger partial charge in [-0.25, -0.2) is 9.67 Å². The number of thiazole rings is 1. The molecule has 4 heterocycles. The molecule has 0 aliphatic carbocycles. The van der Waals surface area contributed by atoms with E-state index in [1.807, 2.05) is 0 Å². The highest BCUT2D eigenvalue weighted by atomic mass is 79.9. The molecule has 33 heavy (non-hydrogen) atoms. The minimum Gasteiger partial charge on any atom is -0.394 e. The number of rotatable bonds is 5. The fourth-order valence-corrected chi connectivity index (χ4v) is 6.17. The second-order valence-electron chi connectivity index (χ2n) is 7.00. The van der Waals surface area contributed by atoms with Crippen LogP contribution in [0.1, 0.15) is 0 Å². The molecule has 1 fully saturated rings. The summed E-state index contributed by atoms with van der Waals surface area (Å²) >= 11 is 4.55. The van der Waals surface area contributed by atoms with Crippen LogP contribution in [0.25, 0.3) is 11.4 Å². The summed E-state index contributed by atoms with van der Waals surface area (Å²) < 4.78 is 46.9. The number of pyridine rings is 1. The number of hydrogen-bond donors (Lipinski definition) is 4. The molecular weight excluding hydrogens is 553 g/mol. The molecule has 3 aromatic rings. The Morgan fingerprint density at radius 2 is 2.12 bits per heavy atom. The van der Waals surface area contributed by atoms with Crippen LogP contribution in [-0.2, 0) is 9.19 Å². The molecular formula is C17H16BrF3N6O4S2. The first kappa shape index (κ1) is 24.3. The van der Waals surface area contributed by atoms with Crippen molar-refractivity contribution < 1.29 is 33.2 Å². The molecule has 1 aliphatic rings. The fourth-order valence-electron chi connectivity index (χ4n) is 3.35. The van der Waals surface area contributed by atoms with Crippen LogP contribution in [0.3, 0.4) is 0 Å². The third kappa shape index (κ3) is 3.92. The highest BCUT2D eigenvalue weighted by molar-refractivity contribution is 9.09. The van der Waals surface area contributed by atoms with Crippen molar-refractivity contribution in [2.75, 3.05) is 12.3 Å². The van der Waals surface area contributed by atoms with Gasteiger partial charge in [0, 0.05) is 22.7 Å². The molecule has 0 spiro atoms. The van der Waals surface area contributed by atoms with Gasteiger partial charge >= 0.3 is 6.18 Å². The van der Waals surface area contributed by atoms with Crippen LogP contribution < -0.4 is 5.73 Å². The van der Waals surface area contributed by atoms with Gasteiger partial charge in [0.1, 0.15) is 29.0 Å². The van der Waals surface area contributed by atoms with Gasteiger partial charge in [-0.05, 0) is 12.1 Å². The predicted molar refractivity (Wildman–Crippen MR) is 115 cm³/mol. The van der Waals surface area contributed by atoms with E-state index in [4.69, 9.17) is 10.5 Å². The Kier molecular flexibility index (Phi) is 6.45. The van der Waals surface area contributed by atoms with E-state index < -0.39 is 40.5 Å². The SMILES string of the molecule is Nc1nc(-c2cn(C3(Br)[C@@H](O)[C@@H](CO)O[C@H](Sc4cccnc4)[C@@]3(O)C(F)(F)F)nn2)cs1. The van der Waals surface area contributed by atoms with Crippen LogP contribution in [0, 0.1) is 0 Å². The molecule has 5 N–H and O–H groups in total. The summed E-state index contributed by atoms with van der Waals surface area (Å²) in [5.74, 6) is 0. The van der Waals surface area contributed by atoms with E-state index >= 15 is 0 Å². The van der Waals surface area contributed by atoms with Crippen LogP contribution in [-0.4, -0.2) is 76.3 Å². The van der Waals surface area contributed by atoms with E-state index in [0.717, 1.165) is 17.5 Å². The molecule has 10 nitrogen and oxygen atoms in total. The lowest BCUT2D eigenvalue weighted by molar-refractivity contribution is -0.345. The van der Waals surface area contributed by atoms with Gasteiger partial charge in [-0.3, -0.25) is 4.98 Å². The third-order valence-corrected chi connectivity index (χ3v) is 8.31. The summed E-state index contributed by atoms with van der Waals surface area (Å²) in [6.07, 6.45) is -5.15. The molecule has 3 aromatic heterocycles. The second-order valence-corrected chi connectivity index (χ2v) is 10.2. The molecule has 1 saturated heterocycles. The van der Waals surface area contributed by atoms with Gasteiger partial charge in [-0.15, -0.1) is 16.4 Å². The zero-order valence-corrected chi connectivity index (χ0v) is 19.5. The van der Waals surface area contributed by atoms with Crippen molar-refractivity contribution in [3.05, 3.63) is 36.1 Å². The topological polar surface area (TPSA) is 152 Å². The summed E-state index contributed by atoms with van der Waals surface area (Å²) in [5.41, 5.74) is 0.118. The van der Waals surface area contributed by atoms with Crippen LogP contribution in [0.4, 0.5) is 18.3 Å². The van der Waals surface area contributed by atoms with Gasteiger partial charge in [-0.1, -0.05) is 32.9 Å². The Hall–Kier alpha value is -1.82. The lowest BCUT2D eigenvalue weighted by Crippen LogP contribution is -2.76. The maximum absolute atomic E-state index is 14.5. The lowest BCUT2D eigenvalue weighted by Gasteiger charge is -2.54. The number of aliphatic hydroxyl groups excluding tert-OH is 2. The Bertz CT molecular complexity index is 1120. The Morgan fingerprint density at radius 1 is 1.36 bits per heavy atom. The van der Waals surface area contributed by atoms with Gasteiger partial charge in [-0.2, -0.15) is 13.2 Å². The first-order valence-corrected chi connectivity index (χ1v) is 11.7. The van der Waals surface area contributed by atoms with E-state index in [0.29, 0.717) is 16.4 Å². The Labute approximate surface area is 200 Å². The van der Waals surface area contributed by atoms with Gasteiger partial charge in [0.2, 0.25) is 5.60 Å². The number of anilines is 1. The summed E-state index contributed by atoms with van der Waals surface area (Å²) in [7, 11) is 0. The van der Waals surface area contributed by atoms with Crippen molar-refractivity contribution in [3.8, 4) is 11.4 Å². The van der Waals surface area contributed by atoms with Gasteiger partial charge in [0.15, 0.2) is 9.58 Å². The van der Waals surface area contributed by atoms with Crippen molar-refractivity contribution in [3.63, 3.8) is 0 Å². The Morgan fingerprint density at radius 3 is 2.70 bits per heavy atom. The van der Waals surface area contributed by atoms with Crippen LogP contribution in [0.15, 0.2) is 41.0 Å². The van der Waals surface area contributed by atoms with Crippen LogP contribution >= 0.6 is 39.0 Å². The van der Waals surface area contributed by atoms with Gasteiger partial charge in [0.05, 0.1) is 12.8 Å². The average Bonchev–Trinajstić information content (AvgIpc) is 3.43. The van der Waals surface area contributed by atoms with E-state index in [1.54, 1.807) is 0 Å². The smallest absolute Gasteiger partial charge is 0.394 e. The summed E-state index contributed by atoms with van der Waals surface area (Å²) in [6, 6.07) is 2.98. The lowest BCUT2D eigenvalue weighted by atomic mass is 9.84. The molecule has 0 radical (unpaired) electrons. The average molecular weight is 569 g/mol. The molecule has 4 rings (SSSR count). The second kappa shape index (κ2) is 8.75. The fraction of sp³-hybridized carbons (Fsp3) is 0.412. The number of ether oxygens (including phenoxy) is 1. The molecule has 5 atom stereocenters. The summed E-state index contributed by atoms with van der Waals surface area (Å²) in [4.78, 5) is 8.12. The van der Waals surface area contributed by atoms with Crippen molar-refractivity contribution in [2.45, 2.75) is 38.8 Å². The maximum atomic E-state index is 14.5. The number of nitrogens with two attached hydrogens (primary N) is 1.